The van der Waals surface area contributed by atoms with Gasteiger partial charge in [0.25, 0.3) is 0 Å². The minimum Gasteiger partial charge on any atom is -0.382 e. The zero-order valence-electron chi connectivity index (χ0n) is 11.1. The first-order chi connectivity index (χ1) is 8.41. The lowest BCUT2D eigenvalue weighted by Gasteiger charge is -2.13. The zero-order chi connectivity index (χ0) is 13.4. The maximum absolute atomic E-state index is 10.5. The van der Waals surface area contributed by atoms with Crippen LogP contribution in [0, 0.1) is 27.7 Å². The summed E-state index contributed by atoms with van der Waals surface area (Å²) >= 11 is 6.20. The van der Waals surface area contributed by atoms with Crippen molar-refractivity contribution in [3.8, 4) is 0 Å². The second-order valence-electron chi connectivity index (χ2n) is 4.84. The average molecular weight is 264 g/mol. The van der Waals surface area contributed by atoms with Gasteiger partial charge in [-0.25, -0.2) is 0 Å². The summed E-state index contributed by atoms with van der Waals surface area (Å²) in [4.78, 5) is 3.24. The number of aryl methyl sites for hydroxylation is 2. The van der Waals surface area contributed by atoms with Crippen molar-refractivity contribution in [2.75, 3.05) is 0 Å². The van der Waals surface area contributed by atoms with Crippen molar-refractivity contribution in [2.45, 2.75) is 33.8 Å². The lowest BCUT2D eigenvalue weighted by Crippen LogP contribution is -2.03. The standard InChI is InChI=1S/C15H18ClNO/c1-8-5-6-12(13(16)7-8)15(18)14-10(3)9(2)11(4)17-14/h5-7,15,17-18H,1-4H3. The van der Waals surface area contributed by atoms with Gasteiger partial charge in [0.2, 0.25) is 0 Å². The van der Waals surface area contributed by atoms with Gasteiger partial charge in [-0.2, -0.15) is 0 Å². The molecule has 3 heteroatoms. The molecule has 1 unspecified atom stereocenters. The van der Waals surface area contributed by atoms with Gasteiger partial charge < -0.3 is 10.1 Å². The van der Waals surface area contributed by atoms with Crippen molar-refractivity contribution in [1.29, 1.82) is 0 Å². The Hall–Kier alpha value is -1.25. The Morgan fingerprint density at radius 1 is 1.11 bits per heavy atom. The van der Waals surface area contributed by atoms with Gasteiger partial charge in [0, 0.05) is 16.3 Å². The van der Waals surface area contributed by atoms with E-state index in [4.69, 9.17) is 11.6 Å². The molecule has 0 amide bonds. The topological polar surface area (TPSA) is 36.0 Å². The van der Waals surface area contributed by atoms with Crippen molar-refractivity contribution >= 4 is 11.6 Å². The first-order valence-corrected chi connectivity index (χ1v) is 6.39. The molecule has 1 aromatic carbocycles. The molecule has 2 N–H and O–H groups in total. The second kappa shape index (κ2) is 4.79. The summed E-state index contributed by atoms with van der Waals surface area (Å²) in [5.41, 5.74) is 6.03. The number of aliphatic hydroxyl groups excluding tert-OH is 1. The third-order valence-corrected chi connectivity index (χ3v) is 3.90. The van der Waals surface area contributed by atoms with Crippen LogP contribution in [-0.2, 0) is 0 Å². The normalized spacial score (nSPS) is 12.8. The minimum absolute atomic E-state index is 0.604. The van der Waals surface area contributed by atoms with E-state index < -0.39 is 6.10 Å². The van der Waals surface area contributed by atoms with Crippen LogP contribution in [0.5, 0.6) is 0 Å². The molecule has 1 heterocycles. The first kappa shape index (κ1) is 13.2. The summed E-state index contributed by atoms with van der Waals surface area (Å²) in [6, 6.07) is 5.72. The van der Waals surface area contributed by atoms with Crippen LogP contribution in [0.15, 0.2) is 18.2 Å². The van der Waals surface area contributed by atoms with Crippen LogP contribution in [0.4, 0.5) is 0 Å². The molecule has 2 nitrogen and oxygen atoms in total. The van der Waals surface area contributed by atoms with Crippen molar-refractivity contribution in [3.05, 3.63) is 56.9 Å². The third kappa shape index (κ3) is 2.18. The van der Waals surface area contributed by atoms with Gasteiger partial charge in [-0.15, -0.1) is 0 Å². The van der Waals surface area contributed by atoms with Crippen LogP contribution >= 0.6 is 11.6 Å². The second-order valence-corrected chi connectivity index (χ2v) is 5.25. The molecule has 2 rings (SSSR count). The van der Waals surface area contributed by atoms with Gasteiger partial charge in [-0.3, -0.25) is 0 Å². The Morgan fingerprint density at radius 3 is 2.28 bits per heavy atom. The number of nitrogens with one attached hydrogen (secondary N) is 1. The molecular weight excluding hydrogens is 246 g/mol. The highest BCUT2D eigenvalue weighted by Gasteiger charge is 2.19. The molecule has 0 saturated carbocycles. The van der Waals surface area contributed by atoms with E-state index >= 15 is 0 Å². The van der Waals surface area contributed by atoms with Crippen LogP contribution in [0.3, 0.4) is 0 Å². The van der Waals surface area contributed by atoms with E-state index in [0.29, 0.717) is 5.02 Å². The van der Waals surface area contributed by atoms with E-state index in [9.17, 15) is 5.11 Å². The summed E-state index contributed by atoms with van der Waals surface area (Å²) in [5.74, 6) is 0. The molecular formula is C15H18ClNO. The molecule has 96 valence electrons. The fraction of sp³-hybridized carbons (Fsp3) is 0.333. The molecule has 0 bridgehead atoms. The SMILES string of the molecule is Cc1ccc(C(O)c2[nH]c(C)c(C)c2C)c(Cl)c1. The highest BCUT2D eigenvalue weighted by molar-refractivity contribution is 6.31. The smallest absolute Gasteiger partial charge is 0.120 e. The Morgan fingerprint density at radius 2 is 1.78 bits per heavy atom. The molecule has 0 aliphatic carbocycles. The molecule has 0 aliphatic rings. The van der Waals surface area contributed by atoms with Crippen LogP contribution in [0.2, 0.25) is 5.02 Å². The van der Waals surface area contributed by atoms with Gasteiger partial charge >= 0.3 is 0 Å². The Bertz CT molecular complexity index is 586. The molecule has 0 saturated heterocycles. The quantitative estimate of drug-likeness (QED) is 0.845. The number of aliphatic hydroxyl groups is 1. The number of rotatable bonds is 2. The Balaban J connectivity index is 2.47. The van der Waals surface area contributed by atoms with Gasteiger partial charge in [-0.1, -0.05) is 23.7 Å². The zero-order valence-corrected chi connectivity index (χ0v) is 11.9. The molecule has 0 fully saturated rings. The molecule has 1 atom stereocenters. The van der Waals surface area contributed by atoms with E-state index in [1.54, 1.807) is 0 Å². The van der Waals surface area contributed by atoms with E-state index in [2.05, 4.69) is 4.98 Å². The van der Waals surface area contributed by atoms with E-state index in [1.807, 2.05) is 45.9 Å². The average Bonchev–Trinajstić information content (AvgIpc) is 2.56. The summed E-state index contributed by atoms with van der Waals surface area (Å²) in [5, 5.41) is 11.1. The summed E-state index contributed by atoms with van der Waals surface area (Å²) in [6.07, 6.45) is -0.703. The van der Waals surface area contributed by atoms with Crippen molar-refractivity contribution < 1.29 is 5.11 Å². The predicted molar refractivity (Wildman–Crippen MR) is 75.3 cm³/mol. The summed E-state index contributed by atoms with van der Waals surface area (Å²) < 4.78 is 0. The Kier molecular flexibility index (Phi) is 3.51. The molecule has 1 aromatic heterocycles. The van der Waals surface area contributed by atoms with Crippen LogP contribution in [-0.4, -0.2) is 10.1 Å². The molecule has 2 aromatic rings. The Labute approximate surface area is 113 Å². The number of hydrogen-bond acceptors (Lipinski definition) is 1. The summed E-state index contributed by atoms with van der Waals surface area (Å²) in [7, 11) is 0. The van der Waals surface area contributed by atoms with Crippen molar-refractivity contribution in [1.82, 2.24) is 4.98 Å². The largest absolute Gasteiger partial charge is 0.382 e. The van der Waals surface area contributed by atoms with Gasteiger partial charge in [0.1, 0.15) is 6.10 Å². The maximum atomic E-state index is 10.5. The molecule has 0 radical (unpaired) electrons. The maximum Gasteiger partial charge on any atom is 0.120 e. The highest BCUT2D eigenvalue weighted by Crippen LogP contribution is 2.31. The highest BCUT2D eigenvalue weighted by atomic mass is 35.5. The minimum atomic E-state index is -0.703. The van der Waals surface area contributed by atoms with Crippen LogP contribution < -0.4 is 0 Å². The number of H-pyrrole nitrogens is 1. The van der Waals surface area contributed by atoms with Crippen LogP contribution in [0.25, 0.3) is 0 Å². The number of aromatic amines is 1. The fourth-order valence-electron chi connectivity index (χ4n) is 2.16. The van der Waals surface area contributed by atoms with E-state index in [-0.39, 0.29) is 0 Å². The monoisotopic (exact) mass is 263 g/mol. The number of aromatic nitrogens is 1. The van der Waals surface area contributed by atoms with Crippen molar-refractivity contribution in [2.24, 2.45) is 0 Å². The molecule has 0 spiro atoms. The van der Waals surface area contributed by atoms with Gasteiger partial charge in [-0.05, 0) is 50.5 Å². The third-order valence-electron chi connectivity index (χ3n) is 3.58. The predicted octanol–water partition coefficient (Wildman–Crippen LogP) is 3.98. The molecule has 18 heavy (non-hydrogen) atoms. The van der Waals surface area contributed by atoms with E-state index in [0.717, 1.165) is 28.1 Å². The van der Waals surface area contributed by atoms with Gasteiger partial charge in [0.05, 0.1) is 5.69 Å². The number of benzene rings is 1. The lowest BCUT2D eigenvalue weighted by molar-refractivity contribution is 0.215. The fourth-order valence-corrected chi connectivity index (χ4v) is 2.49. The first-order valence-electron chi connectivity index (χ1n) is 6.01. The van der Waals surface area contributed by atoms with E-state index in [1.165, 1.54) is 5.56 Å². The number of halogens is 1. The lowest BCUT2D eigenvalue weighted by atomic mass is 10.0. The van der Waals surface area contributed by atoms with Gasteiger partial charge in [0.15, 0.2) is 0 Å². The molecule has 0 aliphatic heterocycles. The van der Waals surface area contributed by atoms with Crippen LogP contribution in [0.1, 0.15) is 39.7 Å². The number of hydrogen-bond donors (Lipinski definition) is 2. The summed E-state index contributed by atoms with van der Waals surface area (Å²) in [6.45, 7) is 8.05. The van der Waals surface area contributed by atoms with Crippen molar-refractivity contribution in [3.63, 3.8) is 0 Å².